The van der Waals surface area contributed by atoms with Gasteiger partial charge in [-0.3, -0.25) is 0 Å². The van der Waals surface area contributed by atoms with Crippen LogP contribution < -0.4 is 0 Å². The van der Waals surface area contributed by atoms with Gasteiger partial charge in [0.15, 0.2) is 0 Å². The molecule has 0 aliphatic carbocycles. The van der Waals surface area contributed by atoms with Crippen molar-refractivity contribution >= 4 is 48.6 Å². The SMILES string of the molecule is O=C1c2cccc3cc([N+](=O)[O-])cc(c23)C(=O)N1CCN=C=[Se]. The van der Waals surface area contributed by atoms with Crippen LogP contribution in [-0.4, -0.2) is 55.0 Å². The number of non-ortho nitro benzene ring substituents is 1. The van der Waals surface area contributed by atoms with Crippen molar-refractivity contribution in [1.29, 1.82) is 0 Å². The predicted molar refractivity (Wildman–Crippen MR) is 84.0 cm³/mol. The number of hydrogen-bond donors (Lipinski definition) is 0. The monoisotopic (exact) mass is 375 g/mol. The Hall–Kier alpha value is -2.66. The van der Waals surface area contributed by atoms with Gasteiger partial charge in [0.25, 0.3) is 0 Å². The molecule has 7 nitrogen and oxygen atoms in total. The van der Waals surface area contributed by atoms with Gasteiger partial charge in [-0.05, 0) is 0 Å². The van der Waals surface area contributed by atoms with Gasteiger partial charge in [0, 0.05) is 0 Å². The zero-order chi connectivity index (χ0) is 16.6. The molecule has 0 saturated carbocycles. The summed E-state index contributed by atoms with van der Waals surface area (Å²) >= 11 is 2.47. The number of nitro groups is 1. The summed E-state index contributed by atoms with van der Waals surface area (Å²) in [6.45, 7) is 0.301. The summed E-state index contributed by atoms with van der Waals surface area (Å²) in [5.74, 6) is -0.963. The van der Waals surface area contributed by atoms with E-state index >= 15 is 0 Å². The van der Waals surface area contributed by atoms with Gasteiger partial charge in [-0.1, -0.05) is 0 Å². The van der Waals surface area contributed by atoms with Crippen molar-refractivity contribution < 1.29 is 14.5 Å². The van der Waals surface area contributed by atoms with Gasteiger partial charge in [-0.2, -0.15) is 0 Å². The Morgan fingerprint density at radius 3 is 2.65 bits per heavy atom. The molecule has 1 aliphatic heterocycles. The van der Waals surface area contributed by atoms with Crippen LogP contribution in [-0.2, 0) is 0 Å². The first-order valence-electron chi connectivity index (χ1n) is 6.65. The number of amides is 2. The van der Waals surface area contributed by atoms with E-state index in [9.17, 15) is 19.7 Å². The van der Waals surface area contributed by atoms with Crippen LogP contribution in [0.5, 0.6) is 0 Å². The molecule has 1 heterocycles. The molecule has 23 heavy (non-hydrogen) atoms. The van der Waals surface area contributed by atoms with Crippen LogP contribution in [0.4, 0.5) is 5.69 Å². The van der Waals surface area contributed by atoms with Crippen LogP contribution in [0.2, 0.25) is 0 Å². The Labute approximate surface area is 138 Å². The third kappa shape index (κ3) is 2.49. The van der Waals surface area contributed by atoms with E-state index in [1.54, 1.807) is 18.2 Å². The van der Waals surface area contributed by atoms with Crippen molar-refractivity contribution in [2.75, 3.05) is 13.1 Å². The number of carbonyl (C=O) groups is 2. The molecule has 0 atom stereocenters. The first kappa shape index (κ1) is 15.2. The second-order valence-corrected chi connectivity index (χ2v) is 5.27. The number of nitro benzene ring substituents is 1. The zero-order valence-corrected chi connectivity index (χ0v) is 13.4. The second kappa shape index (κ2) is 5.85. The minimum atomic E-state index is -0.553. The van der Waals surface area contributed by atoms with Crippen molar-refractivity contribution in [3.63, 3.8) is 0 Å². The predicted octanol–water partition coefficient (Wildman–Crippen LogP) is 1.42. The number of rotatable bonds is 4. The van der Waals surface area contributed by atoms with Gasteiger partial charge in [0.1, 0.15) is 0 Å². The Kier molecular flexibility index (Phi) is 3.88. The average molecular weight is 374 g/mol. The van der Waals surface area contributed by atoms with Crippen LogP contribution in [0.1, 0.15) is 20.7 Å². The molecule has 0 unspecified atom stereocenters. The van der Waals surface area contributed by atoms with E-state index in [0.29, 0.717) is 16.3 Å². The van der Waals surface area contributed by atoms with Crippen molar-refractivity contribution in [2.45, 2.75) is 0 Å². The molecule has 0 N–H and O–H groups in total. The quantitative estimate of drug-likeness (QED) is 0.266. The van der Waals surface area contributed by atoms with Crippen LogP contribution in [0, 0.1) is 10.1 Å². The van der Waals surface area contributed by atoms with E-state index in [4.69, 9.17) is 0 Å². The molecule has 2 aromatic carbocycles. The van der Waals surface area contributed by atoms with E-state index in [0.717, 1.165) is 4.90 Å². The molecule has 1 aliphatic rings. The van der Waals surface area contributed by atoms with Crippen LogP contribution in [0.15, 0.2) is 35.3 Å². The Bertz CT molecular complexity index is 918. The Balaban J connectivity index is 2.20. The molecule has 3 rings (SSSR count). The topological polar surface area (TPSA) is 92.9 Å². The number of carbonyl (C=O) groups excluding carboxylic acids is 2. The number of benzene rings is 2. The summed E-state index contributed by atoms with van der Waals surface area (Å²) in [6.07, 6.45) is 0. The molecule has 114 valence electrons. The molecule has 2 aromatic rings. The molecule has 0 spiro atoms. The van der Waals surface area contributed by atoms with Crippen molar-refractivity contribution in [3.05, 3.63) is 51.6 Å². The van der Waals surface area contributed by atoms with E-state index in [-0.39, 0.29) is 24.3 Å². The molecule has 0 saturated heterocycles. The third-order valence-corrected chi connectivity index (χ3v) is 3.89. The zero-order valence-electron chi connectivity index (χ0n) is 11.7. The normalized spacial score (nSPS) is 13.1. The summed E-state index contributed by atoms with van der Waals surface area (Å²) in [4.78, 5) is 40.5. The van der Waals surface area contributed by atoms with Crippen LogP contribution in [0.3, 0.4) is 0 Å². The standard InChI is InChI=1S/C15H9N3O4Se/c19-14-11-3-1-2-9-6-10(18(21)22)7-12(13(9)11)15(20)17(14)5-4-16-8-23/h1-3,6-7H,4-5H2. The maximum atomic E-state index is 12.6. The molecule has 0 radical (unpaired) electrons. The molecular formula is C15H9N3O4Se. The first-order valence-corrected chi connectivity index (χ1v) is 7.51. The van der Waals surface area contributed by atoms with Gasteiger partial charge >= 0.3 is 138 Å². The number of hydrogen-bond acceptors (Lipinski definition) is 5. The summed E-state index contributed by atoms with van der Waals surface area (Å²) in [7, 11) is 0. The third-order valence-electron chi connectivity index (χ3n) is 3.62. The fourth-order valence-electron chi connectivity index (χ4n) is 2.65. The van der Waals surface area contributed by atoms with E-state index < -0.39 is 16.7 Å². The summed E-state index contributed by atoms with van der Waals surface area (Å²) in [5.41, 5.74) is 0.352. The van der Waals surface area contributed by atoms with Gasteiger partial charge < -0.3 is 0 Å². The first-order chi connectivity index (χ1) is 11.0. The van der Waals surface area contributed by atoms with Crippen molar-refractivity contribution in [3.8, 4) is 0 Å². The van der Waals surface area contributed by atoms with Gasteiger partial charge in [-0.25, -0.2) is 0 Å². The fraction of sp³-hybridized carbons (Fsp3) is 0.133. The minimum absolute atomic E-state index is 0.0882. The maximum absolute atomic E-state index is 12.6. The van der Waals surface area contributed by atoms with Crippen LogP contribution in [0.25, 0.3) is 10.8 Å². The van der Waals surface area contributed by atoms with E-state index in [1.807, 2.05) is 0 Å². The number of imide groups is 1. The van der Waals surface area contributed by atoms with Gasteiger partial charge in [0.05, 0.1) is 0 Å². The van der Waals surface area contributed by atoms with Gasteiger partial charge in [-0.15, -0.1) is 0 Å². The molecule has 2 amide bonds. The fourth-order valence-corrected chi connectivity index (χ4v) is 2.84. The van der Waals surface area contributed by atoms with Crippen molar-refractivity contribution in [2.24, 2.45) is 4.99 Å². The molecule has 0 aromatic heterocycles. The van der Waals surface area contributed by atoms with Gasteiger partial charge in [0.2, 0.25) is 0 Å². The Morgan fingerprint density at radius 1 is 1.22 bits per heavy atom. The summed E-state index contributed by atoms with van der Waals surface area (Å²) < 4.78 is 2.46. The second-order valence-electron chi connectivity index (χ2n) is 4.89. The Morgan fingerprint density at radius 2 is 1.96 bits per heavy atom. The van der Waals surface area contributed by atoms with E-state index in [1.165, 1.54) is 12.1 Å². The average Bonchev–Trinajstić information content (AvgIpc) is 2.55. The summed E-state index contributed by atoms with van der Waals surface area (Å²) in [6, 6.07) is 7.49. The van der Waals surface area contributed by atoms with Crippen LogP contribution >= 0.6 is 0 Å². The van der Waals surface area contributed by atoms with Crippen molar-refractivity contribution in [1.82, 2.24) is 4.90 Å². The molecule has 8 heteroatoms. The molecule has 0 fully saturated rings. The number of nitrogens with zero attached hydrogens (tertiary/aromatic N) is 3. The molecular weight excluding hydrogens is 365 g/mol. The molecule has 0 bridgehead atoms. The summed E-state index contributed by atoms with van der Waals surface area (Å²) in [5, 5.41) is 12.0. The number of aliphatic imine (C=N–C) groups is 1. The van der Waals surface area contributed by atoms with E-state index in [2.05, 4.69) is 25.3 Å².